The second-order valence-electron chi connectivity index (χ2n) is 8.50. The standard InChI is InChI=1S/C24H34N2O3S/c1-18(2)22-15-24(19(3)13-23(22)29-4)30(27,28)25-16-20-9-8-10-21(14-20)17-26-11-6-5-7-12-26/h8-10,13-15,18,25H,5-7,11-12,16-17H2,1-4H3. The molecule has 1 N–H and O–H groups in total. The van der Waals surface area contributed by atoms with Gasteiger partial charge in [0.1, 0.15) is 5.75 Å². The minimum atomic E-state index is -3.63. The zero-order valence-corrected chi connectivity index (χ0v) is 19.4. The van der Waals surface area contributed by atoms with Crippen molar-refractivity contribution in [2.24, 2.45) is 0 Å². The van der Waals surface area contributed by atoms with Crippen molar-refractivity contribution in [2.45, 2.75) is 63.9 Å². The molecule has 6 heteroatoms. The molecule has 0 saturated carbocycles. The molecule has 5 nitrogen and oxygen atoms in total. The zero-order chi connectivity index (χ0) is 21.7. The fourth-order valence-corrected chi connectivity index (χ4v) is 5.34. The fraction of sp³-hybridized carbons (Fsp3) is 0.500. The van der Waals surface area contributed by atoms with E-state index < -0.39 is 10.0 Å². The van der Waals surface area contributed by atoms with Gasteiger partial charge in [0.2, 0.25) is 10.0 Å². The van der Waals surface area contributed by atoms with Gasteiger partial charge in [-0.05, 0) is 73.2 Å². The molecule has 164 valence electrons. The van der Waals surface area contributed by atoms with Gasteiger partial charge in [-0.25, -0.2) is 13.1 Å². The van der Waals surface area contributed by atoms with Crippen LogP contribution in [-0.4, -0.2) is 33.5 Å². The smallest absolute Gasteiger partial charge is 0.241 e. The van der Waals surface area contributed by atoms with Crippen LogP contribution in [0, 0.1) is 6.92 Å². The maximum absolute atomic E-state index is 13.0. The van der Waals surface area contributed by atoms with Crippen LogP contribution in [0.2, 0.25) is 0 Å². The summed E-state index contributed by atoms with van der Waals surface area (Å²) in [7, 11) is -2.01. The lowest BCUT2D eigenvalue weighted by Crippen LogP contribution is -2.29. The van der Waals surface area contributed by atoms with Crippen LogP contribution in [0.25, 0.3) is 0 Å². The molecule has 30 heavy (non-hydrogen) atoms. The maximum atomic E-state index is 13.0. The number of nitrogens with zero attached hydrogens (tertiary/aromatic N) is 1. The van der Waals surface area contributed by atoms with E-state index in [1.165, 1.54) is 24.8 Å². The Hall–Kier alpha value is -1.89. The van der Waals surface area contributed by atoms with Crippen LogP contribution >= 0.6 is 0 Å². The summed E-state index contributed by atoms with van der Waals surface area (Å²) in [5.41, 5.74) is 3.79. The van der Waals surface area contributed by atoms with Gasteiger partial charge in [0.25, 0.3) is 0 Å². The molecule has 0 unspecified atom stereocenters. The number of hydrogen-bond donors (Lipinski definition) is 1. The summed E-state index contributed by atoms with van der Waals surface area (Å²) in [6.07, 6.45) is 3.85. The van der Waals surface area contributed by atoms with Crippen molar-refractivity contribution in [2.75, 3.05) is 20.2 Å². The highest BCUT2D eigenvalue weighted by Crippen LogP contribution is 2.31. The molecule has 0 bridgehead atoms. The van der Waals surface area contributed by atoms with E-state index in [0.717, 1.165) is 36.5 Å². The molecule has 1 saturated heterocycles. The fourth-order valence-electron chi connectivity index (χ4n) is 4.06. The highest BCUT2D eigenvalue weighted by Gasteiger charge is 2.21. The van der Waals surface area contributed by atoms with E-state index in [1.807, 2.05) is 32.0 Å². The molecule has 0 aliphatic carbocycles. The number of aryl methyl sites for hydroxylation is 1. The molecule has 0 spiro atoms. The van der Waals surface area contributed by atoms with Crippen molar-refractivity contribution in [1.82, 2.24) is 9.62 Å². The Morgan fingerprint density at radius 3 is 2.43 bits per heavy atom. The molecule has 0 radical (unpaired) electrons. The minimum absolute atomic E-state index is 0.168. The monoisotopic (exact) mass is 430 g/mol. The molecule has 1 fully saturated rings. The lowest BCUT2D eigenvalue weighted by atomic mass is 10.0. The molecule has 0 atom stereocenters. The van der Waals surface area contributed by atoms with Crippen LogP contribution in [0.4, 0.5) is 0 Å². The van der Waals surface area contributed by atoms with Gasteiger partial charge in [-0.1, -0.05) is 44.5 Å². The average Bonchev–Trinajstić information content (AvgIpc) is 2.72. The largest absolute Gasteiger partial charge is 0.496 e. The van der Waals surface area contributed by atoms with E-state index in [-0.39, 0.29) is 12.5 Å². The predicted molar refractivity (Wildman–Crippen MR) is 121 cm³/mol. The minimum Gasteiger partial charge on any atom is -0.496 e. The highest BCUT2D eigenvalue weighted by atomic mass is 32.2. The number of piperidine rings is 1. The summed E-state index contributed by atoms with van der Waals surface area (Å²) in [6.45, 7) is 9.36. The molecule has 0 amide bonds. The van der Waals surface area contributed by atoms with Gasteiger partial charge in [-0.15, -0.1) is 0 Å². The summed E-state index contributed by atoms with van der Waals surface area (Å²) < 4.78 is 34.3. The van der Waals surface area contributed by atoms with Gasteiger partial charge in [0, 0.05) is 13.1 Å². The van der Waals surface area contributed by atoms with E-state index in [9.17, 15) is 8.42 Å². The SMILES string of the molecule is COc1cc(C)c(S(=O)(=O)NCc2cccc(CN3CCCCC3)c2)cc1C(C)C. The van der Waals surface area contributed by atoms with Crippen LogP contribution < -0.4 is 9.46 Å². The van der Waals surface area contributed by atoms with E-state index in [2.05, 4.69) is 21.8 Å². The topological polar surface area (TPSA) is 58.6 Å². The molecule has 1 heterocycles. The number of likely N-dealkylation sites (tertiary alicyclic amines) is 1. The van der Waals surface area contributed by atoms with E-state index >= 15 is 0 Å². The first-order chi connectivity index (χ1) is 14.3. The third kappa shape index (κ3) is 5.62. The Kier molecular flexibility index (Phi) is 7.55. The number of methoxy groups -OCH3 is 1. The first-order valence-electron chi connectivity index (χ1n) is 10.8. The third-order valence-corrected chi connectivity index (χ3v) is 7.29. The van der Waals surface area contributed by atoms with Crippen molar-refractivity contribution >= 4 is 10.0 Å². The molecular weight excluding hydrogens is 396 g/mol. The number of sulfonamides is 1. The van der Waals surface area contributed by atoms with Crippen molar-refractivity contribution < 1.29 is 13.2 Å². The van der Waals surface area contributed by atoms with Crippen LogP contribution in [0.15, 0.2) is 41.3 Å². The first-order valence-corrected chi connectivity index (χ1v) is 12.3. The number of benzene rings is 2. The van der Waals surface area contributed by atoms with Gasteiger partial charge in [0.15, 0.2) is 0 Å². The Morgan fingerprint density at radius 1 is 1.07 bits per heavy atom. The summed E-state index contributed by atoms with van der Waals surface area (Å²) >= 11 is 0. The molecule has 2 aromatic rings. The third-order valence-electron chi connectivity index (χ3n) is 5.75. The molecule has 2 aromatic carbocycles. The maximum Gasteiger partial charge on any atom is 0.241 e. The van der Waals surface area contributed by atoms with Crippen molar-refractivity contribution in [1.29, 1.82) is 0 Å². The van der Waals surface area contributed by atoms with Crippen molar-refractivity contribution in [3.63, 3.8) is 0 Å². The lowest BCUT2D eigenvalue weighted by molar-refractivity contribution is 0.221. The summed E-state index contributed by atoms with van der Waals surface area (Å²) in [5.74, 6) is 0.896. The number of ether oxygens (including phenoxy) is 1. The normalized spacial score (nSPS) is 15.5. The second-order valence-corrected chi connectivity index (χ2v) is 10.2. The van der Waals surface area contributed by atoms with E-state index in [0.29, 0.717) is 10.5 Å². The van der Waals surface area contributed by atoms with E-state index in [4.69, 9.17) is 4.74 Å². The molecule has 0 aromatic heterocycles. The number of hydrogen-bond acceptors (Lipinski definition) is 4. The van der Waals surface area contributed by atoms with Crippen LogP contribution in [0.1, 0.15) is 61.3 Å². The lowest BCUT2D eigenvalue weighted by Gasteiger charge is -2.26. The highest BCUT2D eigenvalue weighted by molar-refractivity contribution is 7.89. The Balaban J connectivity index is 1.73. The molecule has 1 aliphatic rings. The Bertz CT molecular complexity index is 964. The summed E-state index contributed by atoms with van der Waals surface area (Å²) in [6, 6.07) is 11.8. The number of rotatable bonds is 8. The quantitative estimate of drug-likeness (QED) is 0.665. The van der Waals surface area contributed by atoms with E-state index in [1.54, 1.807) is 20.1 Å². The van der Waals surface area contributed by atoms with Crippen molar-refractivity contribution in [3.8, 4) is 5.75 Å². The zero-order valence-electron chi connectivity index (χ0n) is 18.6. The predicted octanol–water partition coefficient (Wildman–Crippen LogP) is 4.59. The van der Waals surface area contributed by atoms with Gasteiger partial charge >= 0.3 is 0 Å². The molecule has 3 rings (SSSR count). The summed E-state index contributed by atoms with van der Waals surface area (Å²) in [4.78, 5) is 2.79. The van der Waals surface area contributed by atoms with Gasteiger partial charge in [-0.3, -0.25) is 4.90 Å². The summed E-state index contributed by atoms with van der Waals surface area (Å²) in [5, 5.41) is 0. The average molecular weight is 431 g/mol. The van der Waals surface area contributed by atoms with Gasteiger partial charge < -0.3 is 4.74 Å². The Labute approximate surface area is 181 Å². The van der Waals surface area contributed by atoms with Crippen LogP contribution in [0.5, 0.6) is 5.75 Å². The second kappa shape index (κ2) is 9.94. The number of nitrogens with one attached hydrogen (secondary N) is 1. The van der Waals surface area contributed by atoms with Gasteiger partial charge in [-0.2, -0.15) is 0 Å². The van der Waals surface area contributed by atoms with Crippen LogP contribution in [0.3, 0.4) is 0 Å². The van der Waals surface area contributed by atoms with Gasteiger partial charge in [0.05, 0.1) is 12.0 Å². The van der Waals surface area contributed by atoms with Crippen LogP contribution in [-0.2, 0) is 23.1 Å². The molecule has 1 aliphatic heterocycles. The Morgan fingerprint density at radius 2 is 1.77 bits per heavy atom. The van der Waals surface area contributed by atoms with Crippen molar-refractivity contribution in [3.05, 3.63) is 58.7 Å². The first kappa shape index (κ1) is 22.8. The molecular formula is C24H34N2O3S.